The SMILES string of the molecule is COc1ccc(C(C)N2CC(c3nc(-c4ccccc4)no3)CC2=O)cc1. The third-order valence-corrected chi connectivity index (χ3v) is 5.05. The maximum atomic E-state index is 12.6. The van der Waals surface area contributed by atoms with Gasteiger partial charge in [-0.25, -0.2) is 0 Å². The molecule has 138 valence electrons. The van der Waals surface area contributed by atoms with E-state index in [4.69, 9.17) is 9.26 Å². The molecule has 0 bridgehead atoms. The van der Waals surface area contributed by atoms with E-state index >= 15 is 0 Å². The average molecular weight is 363 g/mol. The summed E-state index contributed by atoms with van der Waals surface area (Å²) in [6.07, 6.45) is 0.386. The zero-order valence-electron chi connectivity index (χ0n) is 15.3. The summed E-state index contributed by atoms with van der Waals surface area (Å²) in [6.45, 7) is 2.60. The summed E-state index contributed by atoms with van der Waals surface area (Å²) in [6, 6.07) is 17.5. The van der Waals surface area contributed by atoms with E-state index in [1.165, 1.54) is 0 Å². The minimum Gasteiger partial charge on any atom is -0.497 e. The van der Waals surface area contributed by atoms with Crippen LogP contribution in [-0.4, -0.2) is 34.6 Å². The van der Waals surface area contributed by atoms with E-state index in [2.05, 4.69) is 10.1 Å². The monoisotopic (exact) mass is 363 g/mol. The van der Waals surface area contributed by atoms with Crippen LogP contribution in [0.4, 0.5) is 0 Å². The first-order valence-electron chi connectivity index (χ1n) is 8.98. The van der Waals surface area contributed by atoms with Crippen molar-refractivity contribution in [2.45, 2.75) is 25.3 Å². The number of carbonyl (C=O) groups excluding carboxylic acids is 1. The Labute approximate surface area is 157 Å². The number of rotatable bonds is 5. The number of ether oxygens (including phenoxy) is 1. The Kier molecular flexibility index (Phi) is 4.62. The summed E-state index contributed by atoms with van der Waals surface area (Å²) in [7, 11) is 1.64. The van der Waals surface area contributed by atoms with Crippen LogP contribution in [0.2, 0.25) is 0 Å². The van der Waals surface area contributed by atoms with Crippen molar-refractivity contribution < 1.29 is 14.1 Å². The van der Waals surface area contributed by atoms with E-state index in [-0.39, 0.29) is 17.9 Å². The molecule has 0 saturated carbocycles. The van der Waals surface area contributed by atoms with Crippen molar-refractivity contribution in [1.82, 2.24) is 15.0 Å². The molecule has 0 N–H and O–H groups in total. The highest BCUT2D eigenvalue weighted by Gasteiger charge is 2.37. The van der Waals surface area contributed by atoms with Crippen molar-refractivity contribution in [3.8, 4) is 17.1 Å². The maximum absolute atomic E-state index is 12.6. The number of likely N-dealkylation sites (tertiary alicyclic amines) is 1. The van der Waals surface area contributed by atoms with Gasteiger partial charge in [-0.15, -0.1) is 0 Å². The fraction of sp³-hybridized carbons (Fsp3) is 0.286. The highest BCUT2D eigenvalue weighted by molar-refractivity contribution is 5.80. The second kappa shape index (κ2) is 7.23. The van der Waals surface area contributed by atoms with Crippen LogP contribution in [0.5, 0.6) is 5.75 Å². The third-order valence-electron chi connectivity index (χ3n) is 5.05. The Bertz CT molecular complexity index is 921. The topological polar surface area (TPSA) is 68.5 Å². The van der Waals surface area contributed by atoms with Crippen LogP contribution in [0.25, 0.3) is 11.4 Å². The molecule has 1 aromatic heterocycles. The number of hydrogen-bond acceptors (Lipinski definition) is 5. The fourth-order valence-electron chi connectivity index (χ4n) is 3.44. The van der Waals surface area contributed by atoms with Crippen LogP contribution in [0.15, 0.2) is 59.1 Å². The lowest BCUT2D eigenvalue weighted by atomic mass is 10.1. The Hall–Kier alpha value is -3.15. The molecule has 3 aromatic rings. The Morgan fingerprint density at radius 3 is 2.59 bits per heavy atom. The zero-order valence-corrected chi connectivity index (χ0v) is 15.3. The summed E-state index contributed by atoms with van der Waals surface area (Å²) in [5.41, 5.74) is 1.97. The lowest BCUT2D eigenvalue weighted by molar-refractivity contribution is -0.129. The van der Waals surface area contributed by atoms with E-state index in [9.17, 15) is 4.79 Å². The molecular weight excluding hydrogens is 342 g/mol. The van der Waals surface area contributed by atoms with Gasteiger partial charge in [-0.3, -0.25) is 4.79 Å². The number of methoxy groups -OCH3 is 1. The van der Waals surface area contributed by atoms with Gasteiger partial charge in [0.15, 0.2) is 0 Å². The second-order valence-corrected chi connectivity index (χ2v) is 6.72. The first-order valence-corrected chi connectivity index (χ1v) is 8.98. The summed E-state index contributed by atoms with van der Waals surface area (Å²) < 4.78 is 10.7. The predicted octanol–water partition coefficient (Wildman–Crippen LogP) is 3.82. The van der Waals surface area contributed by atoms with Gasteiger partial charge in [-0.1, -0.05) is 47.6 Å². The van der Waals surface area contributed by atoms with Crippen molar-refractivity contribution in [2.75, 3.05) is 13.7 Å². The number of nitrogens with zero attached hydrogens (tertiary/aromatic N) is 3. The van der Waals surface area contributed by atoms with E-state index in [0.29, 0.717) is 24.7 Å². The first kappa shape index (κ1) is 17.3. The first-order chi connectivity index (χ1) is 13.2. The van der Waals surface area contributed by atoms with Crippen molar-refractivity contribution in [1.29, 1.82) is 0 Å². The number of hydrogen-bond donors (Lipinski definition) is 0. The van der Waals surface area contributed by atoms with Gasteiger partial charge in [0.05, 0.1) is 19.1 Å². The van der Waals surface area contributed by atoms with Gasteiger partial charge in [0.25, 0.3) is 0 Å². The molecule has 27 heavy (non-hydrogen) atoms. The van der Waals surface area contributed by atoms with E-state index in [0.717, 1.165) is 16.9 Å². The molecular formula is C21H21N3O3. The zero-order chi connectivity index (χ0) is 18.8. The fourth-order valence-corrected chi connectivity index (χ4v) is 3.44. The van der Waals surface area contributed by atoms with E-state index < -0.39 is 0 Å². The quantitative estimate of drug-likeness (QED) is 0.689. The molecule has 0 radical (unpaired) electrons. The van der Waals surface area contributed by atoms with Crippen LogP contribution < -0.4 is 4.74 Å². The van der Waals surface area contributed by atoms with E-state index in [1.807, 2.05) is 66.4 Å². The van der Waals surface area contributed by atoms with Crippen molar-refractivity contribution in [3.05, 3.63) is 66.1 Å². The lowest BCUT2D eigenvalue weighted by Crippen LogP contribution is -2.28. The molecule has 2 atom stereocenters. The smallest absolute Gasteiger partial charge is 0.232 e. The molecule has 1 fully saturated rings. The molecule has 6 heteroatoms. The normalized spacial score (nSPS) is 17.9. The Morgan fingerprint density at radius 1 is 1.15 bits per heavy atom. The molecule has 2 unspecified atom stereocenters. The van der Waals surface area contributed by atoms with Gasteiger partial charge in [0.1, 0.15) is 5.75 Å². The molecule has 2 heterocycles. The van der Waals surface area contributed by atoms with Gasteiger partial charge < -0.3 is 14.2 Å². The Morgan fingerprint density at radius 2 is 1.89 bits per heavy atom. The lowest BCUT2D eigenvalue weighted by Gasteiger charge is -2.25. The van der Waals surface area contributed by atoms with Gasteiger partial charge in [-0.05, 0) is 24.6 Å². The van der Waals surface area contributed by atoms with Crippen LogP contribution in [0.1, 0.15) is 36.8 Å². The summed E-state index contributed by atoms with van der Waals surface area (Å²) in [4.78, 5) is 19.0. The molecule has 0 aliphatic carbocycles. The highest BCUT2D eigenvalue weighted by atomic mass is 16.5. The second-order valence-electron chi connectivity index (χ2n) is 6.72. The van der Waals surface area contributed by atoms with Crippen molar-refractivity contribution in [2.24, 2.45) is 0 Å². The number of aromatic nitrogens is 2. The Balaban J connectivity index is 1.49. The molecule has 1 aliphatic heterocycles. The molecule has 0 spiro atoms. The molecule has 4 rings (SSSR count). The number of carbonyl (C=O) groups is 1. The van der Waals surface area contributed by atoms with Gasteiger partial charge in [-0.2, -0.15) is 4.98 Å². The molecule has 1 aliphatic rings. The summed E-state index contributed by atoms with van der Waals surface area (Å²) >= 11 is 0. The van der Waals surface area contributed by atoms with Crippen molar-refractivity contribution in [3.63, 3.8) is 0 Å². The largest absolute Gasteiger partial charge is 0.497 e. The number of amides is 1. The molecule has 1 amide bonds. The molecule has 6 nitrogen and oxygen atoms in total. The van der Waals surface area contributed by atoms with Crippen LogP contribution in [0.3, 0.4) is 0 Å². The standard InChI is InChI=1S/C21H21N3O3/c1-14(15-8-10-18(26-2)11-9-15)24-13-17(12-19(24)25)21-22-20(23-27-21)16-6-4-3-5-7-16/h3-11,14,17H,12-13H2,1-2H3. The van der Waals surface area contributed by atoms with Crippen LogP contribution in [-0.2, 0) is 4.79 Å². The van der Waals surface area contributed by atoms with Crippen LogP contribution >= 0.6 is 0 Å². The minimum atomic E-state index is -0.0804. The third kappa shape index (κ3) is 3.43. The van der Waals surface area contributed by atoms with Gasteiger partial charge in [0, 0.05) is 18.5 Å². The molecule has 2 aromatic carbocycles. The minimum absolute atomic E-state index is 0.0232. The average Bonchev–Trinajstić information content (AvgIpc) is 3.35. The van der Waals surface area contributed by atoms with Gasteiger partial charge in [0.2, 0.25) is 17.6 Å². The number of benzene rings is 2. The predicted molar refractivity (Wildman–Crippen MR) is 100 cm³/mol. The highest BCUT2D eigenvalue weighted by Crippen LogP contribution is 2.34. The van der Waals surface area contributed by atoms with Crippen molar-refractivity contribution >= 4 is 5.91 Å². The summed E-state index contributed by atoms with van der Waals surface area (Å²) in [5, 5.41) is 4.07. The van der Waals surface area contributed by atoms with Gasteiger partial charge >= 0.3 is 0 Å². The maximum Gasteiger partial charge on any atom is 0.232 e. The summed E-state index contributed by atoms with van der Waals surface area (Å²) in [5.74, 6) is 1.90. The molecule has 1 saturated heterocycles. The van der Waals surface area contributed by atoms with E-state index in [1.54, 1.807) is 7.11 Å². The van der Waals surface area contributed by atoms with Crippen LogP contribution in [0, 0.1) is 0 Å².